The van der Waals surface area contributed by atoms with Crippen LogP contribution in [-0.4, -0.2) is 12.8 Å². The Morgan fingerprint density at radius 2 is 2.05 bits per heavy atom. The van der Waals surface area contributed by atoms with Crippen LogP contribution in [-0.2, 0) is 0 Å². The fourth-order valence-electron chi connectivity index (χ4n) is 2.77. The minimum absolute atomic E-state index is 0.913. The van der Waals surface area contributed by atoms with Crippen molar-refractivity contribution >= 4 is 22.6 Å². The summed E-state index contributed by atoms with van der Waals surface area (Å²) >= 11 is 0. The average molecular weight is 275 g/mol. The third-order valence-corrected chi connectivity index (χ3v) is 3.95. The highest BCUT2D eigenvalue weighted by Crippen LogP contribution is 2.30. The fourth-order valence-corrected chi connectivity index (χ4v) is 2.77. The number of aliphatic imine (C=N–C) groups is 1. The van der Waals surface area contributed by atoms with E-state index in [-0.39, 0.29) is 0 Å². The van der Waals surface area contributed by atoms with Gasteiger partial charge in [-0.25, -0.2) is 0 Å². The Kier molecular flexibility index (Phi) is 4.30. The molecule has 0 N–H and O–H groups in total. The van der Waals surface area contributed by atoms with E-state index in [1.54, 1.807) is 0 Å². The zero-order valence-electron chi connectivity index (χ0n) is 12.5. The van der Waals surface area contributed by atoms with Crippen LogP contribution in [0.4, 0.5) is 0 Å². The van der Waals surface area contributed by atoms with Crippen molar-refractivity contribution in [1.29, 1.82) is 0 Å². The number of fused-ring (bicyclic) bond motifs is 1. The molecule has 0 bridgehead atoms. The average Bonchev–Trinajstić information content (AvgIpc) is 3.05. The van der Waals surface area contributed by atoms with Crippen LogP contribution in [0.25, 0.3) is 16.3 Å². The maximum absolute atomic E-state index is 4.64. The van der Waals surface area contributed by atoms with Crippen molar-refractivity contribution in [3.63, 3.8) is 0 Å². The van der Waals surface area contributed by atoms with Gasteiger partial charge in [-0.3, -0.25) is 4.99 Å². The van der Waals surface area contributed by atoms with Crippen molar-refractivity contribution < 1.29 is 0 Å². The first-order chi connectivity index (χ1) is 10.4. The smallest absolute Gasteiger partial charge is 0.0389 e. The third kappa shape index (κ3) is 2.97. The second kappa shape index (κ2) is 6.53. The molecule has 0 unspecified atom stereocenters. The molecular weight excluding hydrogens is 254 g/mol. The van der Waals surface area contributed by atoms with Crippen molar-refractivity contribution in [2.45, 2.75) is 26.2 Å². The molecule has 0 saturated heterocycles. The lowest BCUT2D eigenvalue weighted by Crippen LogP contribution is -1.95. The first-order valence-corrected chi connectivity index (χ1v) is 7.78. The predicted molar refractivity (Wildman–Crippen MR) is 93.1 cm³/mol. The van der Waals surface area contributed by atoms with E-state index >= 15 is 0 Å². The number of allylic oxidation sites excluding steroid dienone is 4. The number of unbranched alkanes of at least 4 members (excludes halogenated alkanes) is 1. The van der Waals surface area contributed by atoms with Crippen molar-refractivity contribution in [2.24, 2.45) is 4.99 Å². The summed E-state index contributed by atoms with van der Waals surface area (Å²) in [7, 11) is 0. The topological polar surface area (TPSA) is 12.4 Å². The second-order valence-corrected chi connectivity index (χ2v) is 5.46. The van der Waals surface area contributed by atoms with Gasteiger partial charge in [-0.1, -0.05) is 68.0 Å². The number of hydrogen-bond donors (Lipinski definition) is 0. The van der Waals surface area contributed by atoms with Crippen molar-refractivity contribution in [3.8, 4) is 0 Å². The molecule has 21 heavy (non-hydrogen) atoms. The minimum atomic E-state index is 0.913. The van der Waals surface area contributed by atoms with E-state index in [1.807, 2.05) is 0 Å². The Morgan fingerprint density at radius 1 is 1.14 bits per heavy atom. The van der Waals surface area contributed by atoms with Crippen LogP contribution in [0, 0.1) is 0 Å². The molecule has 1 nitrogen and oxygen atoms in total. The number of nitrogens with zero attached hydrogens (tertiary/aromatic N) is 1. The highest BCUT2D eigenvalue weighted by atomic mass is 14.7. The molecule has 0 radical (unpaired) electrons. The number of hydrogen-bond acceptors (Lipinski definition) is 1. The summed E-state index contributed by atoms with van der Waals surface area (Å²) in [6, 6.07) is 13.0. The summed E-state index contributed by atoms with van der Waals surface area (Å²) < 4.78 is 0. The largest absolute Gasteiger partial charge is 0.293 e. The molecule has 3 rings (SSSR count). The molecule has 106 valence electrons. The van der Waals surface area contributed by atoms with Gasteiger partial charge in [-0.05, 0) is 34.8 Å². The highest BCUT2D eigenvalue weighted by Gasteiger charge is 2.10. The first-order valence-electron chi connectivity index (χ1n) is 7.78. The lowest BCUT2D eigenvalue weighted by atomic mass is 9.94. The Morgan fingerprint density at radius 3 is 2.86 bits per heavy atom. The van der Waals surface area contributed by atoms with Gasteiger partial charge in [0.1, 0.15) is 0 Å². The molecule has 2 aromatic carbocycles. The minimum Gasteiger partial charge on any atom is -0.293 e. The molecule has 0 aromatic heterocycles. The maximum Gasteiger partial charge on any atom is 0.0389 e. The molecule has 0 atom stereocenters. The van der Waals surface area contributed by atoms with Gasteiger partial charge in [0.15, 0.2) is 0 Å². The van der Waals surface area contributed by atoms with Crippen molar-refractivity contribution in [3.05, 3.63) is 65.8 Å². The molecule has 0 amide bonds. The molecule has 0 saturated carbocycles. The van der Waals surface area contributed by atoms with Gasteiger partial charge < -0.3 is 0 Å². The molecule has 2 aromatic rings. The second-order valence-electron chi connectivity index (χ2n) is 5.46. The standard InChI is InChI=1S/C20H21N/c1-2-3-14-21-15-20-18-11-7-6-10-17(18)12-13-19(20)16-8-4-5-9-16/h4-8,10-13,15H,2-3,9,14H2,1H3. The lowest BCUT2D eigenvalue weighted by Gasteiger charge is -2.11. The van der Waals surface area contributed by atoms with Gasteiger partial charge in [0.05, 0.1) is 0 Å². The zero-order chi connectivity index (χ0) is 14.5. The lowest BCUT2D eigenvalue weighted by molar-refractivity contribution is 0.810. The van der Waals surface area contributed by atoms with Gasteiger partial charge >= 0.3 is 0 Å². The SMILES string of the molecule is CCCCN=Cc1c(C2=CC=CC2)ccc2ccccc12. The third-order valence-electron chi connectivity index (χ3n) is 3.95. The fraction of sp³-hybridized carbons (Fsp3) is 0.250. The van der Waals surface area contributed by atoms with Crippen molar-refractivity contribution in [1.82, 2.24) is 0 Å². The van der Waals surface area contributed by atoms with E-state index in [0.717, 1.165) is 19.4 Å². The highest BCUT2D eigenvalue weighted by molar-refractivity contribution is 6.04. The van der Waals surface area contributed by atoms with Crippen LogP contribution in [0.15, 0.2) is 59.6 Å². The molecule has 0 heterocycles. The van der Waals surface area contributed by atoms with E-state index in [4.69, 9.17) is 0 Å². The van der Waals surface area contributed by atoms with Gasteiger partial charge in [-0.2, -0.15) is 0 Å². The molecule has 1 heteroatoms. The van der Waals surface area contributed by atoms with Gasteiger partial charge in [0.25, 0.3) is 0 Å². The van der Waals surface area contributed by atoms with E-state index in [2.05, 4.69) is 72.8 Å². The summed E-state index contributed by atoms with van der Waals surface area (Å²) in [6.45, 7) is 3.12. The molecule has 0 fully saturated rings. The Labute approximate surface area is 126 Å². The Hall–Kier alpha value is -2.15. The van der Waals surface area contributed by atoms with E-state index in [1.165, 1.54) is 33.9 Å². The number of rotatable bonds is 5. The predicted octanol–water partition coefficient (Wildman–Crippen LogP) is 5.40. The van der Waals surface area contributed by atoms with Crippen LogP contribution in [0.2, 0.25) is 0 Å². The number of benzene rings is 2. The van der Waals surface area contributed by atoms with E-state index in [0.29, 0.717) is 0 Å². The normalized spacial score (nSPS) is 14.2. The molecule has 0 aliphatic heterocycles. The Balaban J connectivity index is 2.06. The van der Waals surface area contributed by atoms with Crippen LogP contribution < -0.4 is 0 Å². The van der Waals surface area contributed by atoms with Crippen molar-refractivity contribution in [2.75, 3.05) is 6.54 Å². The van der Waals surface area contributed by atoms with Gasteiger partial charge in [-0.15, -0.1) is 0 Å². The summed E-state index contributed by atoms with van der Waals surface area (Å²) in [5.74, 6) is 0. The Bertz CT molecular complexity index is 720. The molecule has 1 aliphatic carbocycles. The molecule has 1 aliphatic rings. The maximum atomic E-state index is 4.64. The van der Waals surface area contributed by atoms with E-state index in [9.17, 15) is 0 Å². The monoisotopic (exact) mass is 275 g/mol. The van der Waals surface area contributed by atoms with Gasteiger partial charge in [0, 0.05) is 18.3 Å². The first kappa shape index (κ1) is 13.8. The molecular formula is C20H21N. The van der Waals surface area contributed by atoms with Gasteiger partial charge in [0.2, 0.25) is 0 Å². The summed E-state index contributed by atoms with van der Waals surface area (Å²) in [5.41, 5.74) is 3.97. The van der Waals surface area contributed by atoms with E-state index < -0.39 is 0 Å². The van der Waals surface area contributed by atoms with Crippen LogP contribution in [0.3, 0.4) is 0 Å². The van der Waals surface area contributed by atoms with Crippen LogP contribution in [0.5, 0.6) is 0 Å². The summed E-state index contributed by atoms with van der Waals surface area (Å²) in [5, 5.41) is 2.58. The summed E-state index contributed by atoms with van der Waals surface area (Å²) in [4.78, 5) is 4.64. The van der Waals surface area contributed by atoms with Crippen LogP contribution >= 0.6 is 0 Å². The van der Waals surface area contributed by atoms with Crippen LogP contribution in [0.1, 0.15) is 37.3 Å². The quantitative estimate of drug-likeness (QED) is 0.511. The zero-order valence-corrected chi connectivity index (χ0v) is 12.5. The molecule has 0 spiro atoms. The summed E-state index contributed by atoms with van der Waals surface area (Å²) in [6.07, 6.45) is 12.0.